The molecular formula is C2H10Cl2SiZr. The zero-order valence-electron chi connectivity index (χ0n) is 3.26. The van der Waals surface area contributed by atoms with E-state index in [4.69, 9.17) is 0 Å². The molecule has 0 aromatic rings. The smallest absolute Gasteiger partial charge is 0.0149 e. The predicted molar refractivity (Wildman–Crippen MR) is 23.1 cm³/mol. The topological polar surface area (TPSA) is 0 Å². The third kappa shape index (κ3) is 44.1. The van der Waals surface area contributed by atoms with Gasteiger partial charge >= 0.3 is 32.5 Å². The quantitative estimate of drug-likeness (QED) is 0.359. The minimum Gasteiger partial charge on any atom is -1.00 e. The van der Waals surface area contributed by atoms with Crippen LogP contribution in [0.15, 0.2) is 0 Å². The summed E-state index contributed by atoms with van der Waals surface area (Å²) in [4.78, 5) is 0. The van der Waals surface area contributed by atoms with E-state index in [0.717, 1.165) is 0 Å². The summed E-state index contributed by atoms with van der Waals surface area (Å²) in [5.74, 6) is 0. The maximum atomic E-state index is 2.30. The molecule has 0 rings (SSSR count). The van der Waals surface area contributed by atoms with Crippen molar-refractivity contribution < 1.29 is 48.0 Å². The summed E-state index contributed by atoms with van der Waals surface area (Å²) in [6.07, 6.45) is 0. The molecule has 0 nitrogen and oxygen atoms in total. The van der Waals surface area contributed by atoms with Crippen molar-refractivity contribution in [3.63, 3.8) is 0 Å². The first-order chi connectivity index (χ1) is 1.41. The van der Waals surface area contributed by atoms with Crippen LogP contribution in [0.3, 0.4) is 0 Å². The summed E-state index contributed by atoms with van der Waals surface area (Å²) in [6, 6.07) is 0. The van der Waals surface area contributed by atoms with Gasteiger partial charge in [-0.05, 0) is 11.0 Å². The van der Waals surface area contributed by atoms with Crippen molar-refractivity contribution >= 4 is 11.0 Å². The Morgan fingerprint density at radius 1 is 1.00 bits per heavy atom. The Morgan fingerprint density at radius 3 is 1.00 bits per heavy atom. The molecule has 0 saturated carbocycles. The first-order valence-electron chi connectivity index (χ1n) is 1.00. The van der Waals surface area contributed by atoms with E-state index >= 15 is 0 Å². The van der Waals surface area contributed by atoms with Crippen molar-refractivity contribution in [1.29, 1.82) is 0 Å². The Kier molecular flexibility index (Phi) is 127. The SMILES string of the molecule is [CH3][Zr+2][CH3].[Cl-].[Cl-].[SiH4]. The Labute approximate surface area is 67.9 Å². The Hall–Kier alpha value is 1.68. The molecule has 0 aromatic carbocycles. The van der Waals surface area contributed by atoms with Crippen LogP contribution in [0.1, 0.15) is 0 Å². The summed E-state index contributed by atoms with van der Waals surface area (Å²) in [7, 11) is 0. The van der Waals surface area contributed by atoms with Crippen LogP contribution < -0.4 is 24.8 Å². The summed E-state index contributed by atoms with van der Waals surface area (Å²) >= 11 is 0.230. The fourth-order valence-corrected chi connectivity index (χ4v) is 0. The van der Waals surface area contributed by atoms with E-state index in [2.05, 4.69) is 9.26 Å². The molecule has 0 bridgehead atoms. The van der Waals surface area contributed by atoms with Crippen molar-refractivity contribution in [1.82, 2.24) is 0 Å². The van der Waals surface area contributed by atoms with Crippen molar-refractivity contribution in [2.75, 3.05) is 0 Å². The van der Waals surface area contributed by atoms with E-state index in [1.165, 1.54) is 0 Å². The van der Waals surface area contributed by atoms with Crippen LogP contribution in [-0.4, -0.2) is 11.0 Å². The molecule has 0 heterocycles. The maximum Gasteiger partial charge on any atom is -0.0149 e. The molecule has 40 valence electrons. The van der Waals surface area contributed by atoms with Gasteiger partial charge in [-0.2, -0.15) is 0 Å². The number of halogens is 2. The van der Waals surface area contributed by atoms with Crippen molar-refractivity contribution in [2.45, 2.75) is 9.26 Å². The van der Waals surface area contributed by atoms with Gasteiger partial charge in [0.1, 0.15) is 0 Å². The van der Waals surface area contributed by atoms with Gasteiger partial charge in [-0.25, -0.2) is 0 Å². The van der Waals surface area contributed by atoms with E-state index in [-0.39, 0.29) is 59.0 Å². The largest absolute Gasteiger partial charge is 1.00 e. The first-order valence-corrected chi connectivity index (χ1v) is 5.92. The zero-order valence-corrected chi connectivity index (χ0v) is 7.23. The van der Waals surface area contributed by atoms with Gasteiger partial charge in [0, 0.05) is 0 Å². The normalized spacial score (nSPS) is 1.67. The van der Waals surface area contributed by atoms with Crippen molar-refractivity contribution in [2.24, 2.45) is 0 Å². The Morgan fingerprint density at radius 2 is 1.00 bits per heavy atom. The molecule has 6 heavy (non-hydrogen) atoms. The van der Waals surface area contributed by atoms with Crippen LogP contribution in [0.4, 0.5) is 0 Å². The number of rotatable bonds is 0. The zero-order chi connectivity index (χ0) is 2.71. The first kappa shape index (κ1) is 25.3. The molecule has 0 aliphatic rings. The second-order valence-corrected chi connectivity index (χ2v) is 2.96. The Bertz CT molecular complexity index is 11.5. The van der Waals surface area contributed by atoms with Crippen LogP contribution >= 0.6 is 0 Å². The molecule has 0 fully saturated rings. The van der Waals surface area contributed by atoms with Gasteiger partial charge in [-0.3, -0.25) is 0 Å². The molecule has 0 unspecified atom stereocenters. The summed E-state index contributed by atoms with van der Waals surface area (Å²) in [5.41, 5.74) is 0. The van der Waals surface area contributed by atoms with Crippen LogP contribution in [-0.2, 0) is 23.2 Å². The summed E-state index contributed by atoms with van der Waals surface area (Å²) < 4.78 is 4.59. The maximum absolute atomic E-state index is 2.30. The van der Waals surface area contributed by atoms with E-state index < -0.39 is 0 Å². The minimum absolute atomic E-state index is 0. The molecule has 0 spiro atoms. The molecule has 0 aliphatic heterocycles. The fraction of sp³-hybridized carbons (Fsp3) is 1.00. The fourth-order valence-electron chi connectivity index (χ4n) is 0. The van der Waals surface area contributed by atoms with Gasteiger partial charge < -0.3 is 24.8 Å². The molecule has 0 aromatic heterocycles. The van der Waals surface area contributed by atoms with Crippen LogP contribution in [0.2, 0.25) is 9.26 Å². The van der Waals surface area contributed by atoms with Gasteiger partial charge in [0.15, 0.2) is 0 Å². The second kappa shape index (κ2) is 30.0. The van der Waals surface area contributed by atoms with Gasteiger partial charge in [-0.1, -0.05) is 0 Å². The molecule has 0 radical (unpaired) electrons. The third-order valence-corrected chi connectivity index (χ3v) is 0. The van der Waals surface area contributed by atoms with Gasteiger partial charge in [0.25, 0.3) is 0 Å². The Balaban J connectivity index is -0.00000000667. The van der Waals surface area contributed by atoms with Gasteiger partial charge in [-0.15, -0.1) is 0 Å². The standard InChI is InChI=1S/2CH3.2ClH.H4Si.Zr/h2*1H3;2*1H;1H4;/q;;;;;+2/p-2. The minimum atomic E-state index is 0. The monoisotopic (exact) mass is 222 g/mol. The third-order valence-electron chi connectivity index (χ3n) is 0. The molecule has 4 heteroatoms. The average Bonchev–Trinajstić information content (AvgIpc) is 0.918. The van der Waals surface area contributed by atoms with Crippen molar-refractivity contribution in [3.8, 4) is 0 Å². The molecule has 0 atom stereocenters. The predicted octanol–water partition coefficient (Wildman–Crippen LogP) is -6.28. The van der Waals surface area contributed by atoms with Crippen LogP contribution in [0, 0.1) is 0 Å². The van der Waals surface area contributed by atoms with Gasteiger partial charge in [0.2, 0.25) is 0 Å². The number of hydrogen-bond acceptors (Lipinski definition) is 0. The van der Waals surface area contributed by atoms with E-state index in [0.29, 0.717) is 0 Å². The van der Waals surface area contributed by atoms with Crippen molar-refractivity contribution in [3.05, 3.63) is 0 Å². The van der Waals surface area contributed by atoms with E-state index in [9.17, 15) is 0 Å². The average molecular weight is 224 g/mol. The number of hydrogen-bond donors (Lipinski definition) is 0. The second-order valence-electron chi connectivity index (χ2n) is 0.500. The molecule has 0 amide bonds. The summed E-state index contributed by atoms with van der Waals surface area (Å²) in [5, 5.41) is 0. The molecular weight excluding hydrogens is 214 g/mol. The van der Waals surface area contributed by atoms with E-state index in [1.54, 1.807) is 0 Å². The van der Waals surface area contributed by atoms with Crippen LogP contribution in [0.5, 0.6) is 0 Å². The van der Waals surface area contributed by atoms with Crippen LogP contribution in [0.25, 0.3) is 0 Å². The molecule has 0 aliphatic carbocycles. The van der Waals surface area contributed by atoms with Gasteiger partial charge in [0.05, 0.1) is 0 Å². The summed E-state index contributed by atoms with van der Waals surface area (Å²) in [6.45, 7) is 0. The molecule has 0 N–H and O–H groups in total. The molecule has 0 saturated heterocycles. The van der Waals surface area contributed by atoms with E-state index in [1.807, 2.05) is 0 Å².